The molecule has 0 bridgehead atoms. The number of carbonyl (C=O) groups is 1. The van der Waals surface area contributed by atoms with E-state index in [0.717, 1.165) is 12.0 Å². The standard InChI is InChI=1S/C28H25FN2O4/c1-17(2)12-13-33-19-7-5-6-18(14-19)26-22-11-10-20(15-25(22)35-27(31)23(26)16-30)34-28(32)21-8-3-4-9-24(21)29/h3-11,14-15,17,26H,12-13,31H2,1-2H3. The quantitative estimate of drug-likeness (QED) is 0.351. The molecule has 1 heterocycles. The highest BCUT2D eigenvalue weighted by Crippen LogP contribution is 2.44. The molecule has 0 aromatic heterocycles. The second-order valence-electron chi connectivity index (χ2n) is 8.60. The maximum Gasteiger partial charge on any atom is 0.346 e. The van der Waals surface area contributed by atoms with Crippen molar-refractivity contribution in [3.63, 3.8) is 0 Å². The van der Waals surface area contributed by atoms with Crippen molar-refractivity contribution in [1.82, 2.24) is 0 Å². The van der Waals surface area contributed by atoms with Crippen LogP contribution in [-0.4, -0.2) is 12.6 Å². The first-order valence-electron chi connectivity index (χ1n) is 11.3. The number of halogens is 1. The Hall–Kier alpha value is -4.31. The van der Waals surface area contributed by atoms with Gasteiger partial charge in [0.2, 0.25) is 5.88 Å². The van der Waals surface area contributed by atoms with Crippen molar-refractivity contribution in [2.24, 2.45) is 11.7 Å². The molecule has 0 saturated carbocycles. The van der Waals surface area contributed by atoms with Crippen LogP contribution in [0.5, 0.6) is 17.2 Å². The molecule has 3 aromatic carbocycles. The highest BCUT2D eigenvalue weighted by Gasteiger charge is 2.31. The predicted molar refractivity (Wildman–Crippen MR) is 128 cm³/mol. The summed E-state index contributed by atoms with van der Waals surface area (Å²) in [6.07, 6.45) is 0.926. The fourth-order valence-electron chi connectivity index (χ4n) is 3.83. The molecule has 1 unspecified atom stereocenters. The van der Waals surface area contributed by atoms with Crippen LogP contribution in [0.2, 0.25) is 0 Å². The van der Waals surface area contributed by atoms with Gasteiger partial charge in [-0.3, -0.25) is 0 Å². The summed E-state index contributed by atoms with van der Waals surface area (Å²) in [5, 5.41) is 9.81. The van der Waals surface area contributed by atoms with Gasteiger partial charge in [-0.15, -0.1) is 0 Å². The van der Waals surface area contributed by atoms with Crippen molar-refractivity contribution in [2.75, 3.05) is 6.61 Å². The number of hydrogen-bond acceptors (Lipinski definition) is 6. The minimum Gasteiger partial charge on any atom is -0.494 e. The zero-order valence-electron chi connectivity index (χ0n) is 19.5. The first-order chi connectivity index (χ1) is 16.9. The molecule has 1 aliphatic heterocycles. The van der Waals surface area contributed by atoms with Gasteiger partial charge in [-0.2, -0.15) is 5.26 Å². The summed E-state index contributed by atoms with van der Waals surface area (Å²) in [7, 11) is 0. The second-order valence-corrected chi connectivity index (χ2v) is 8.60. The van der Waals surface area contributed by atoms with Gasteiger partial charge in [0, 0.05) is 11.6 Å². The normalized spacial score (nSPS) is 14.7. The minimum absolute atomic E-state index is 0.0336. The van der Waals surface area contributed by atoms with Crippen molar-refractivity contribution >= 4 is 5.97 Å². The molecule has 0 fully saturated rings. The summed E-state index contributed by atoms with van der Waals surface area (Å²) >= 11 is 0. The van der Waals surface area contributed by atoms with Crippen LogP contribution in [-0.2, 0) is 0 Å². The van der Waals surface area contributed by atoms with Gasteiger partial charge in [0.05, 0.1) is 18.1 Å². The largest absolute Gasteiger partial charge is 0.494 e. The average Bonchev–Trinajstić information content (AvgIpc) is 2.83. The molecule has 0 spiro atoms. The Kier molecular flexibility index (Phi) is 7.02. The van der Waals surface area contributed by atoms with Gasteiger partial charge in [-0.05, 0) is 48.2 Å². The van der Waals surface area contributed by atoms with E-state index in [0.29, 0.717) is 29.6 Å². The number of esters is 1. The van der Waals surface area contributed by atoms with Crippen molar-refractivity contribution in [3.8, 4) is 23.3 Å². The van der Waals surface area contributed by atoms with Crippen molar-refractivity contribution in [2.45, 2.75) is 26.2 Å². The molecule has 4 rings (SSSR count). The lowest BCUT2D eigenvalue weighted by Gasteiger charge is -2.27. The van der Waals surface area contributed by atoms with Crippen molar-refractivity contribution in [3.05, 3.63) is 101 Å². The molecule has 0 amide bonds. The first-order valence-corrected chi connectivity index (χ1v) is 11.3. The zero-order chi connectivity index (χ0) is 24.9. The fourth-order valence-corrected chi connectivity index (χ4v) is 3.83. The van der Waals surface area contributed by atoms with Gasteiger partial charge in [-0.1, -0.05) is 44.2 Å². The van der Waals surface area contributed by atoms with Gasteiger partial charge in [0.25, 0.3) is 0 Å². The molecule has 178 valence electrons. The van der Waals surface area contributed by atoms with Crippen LogP contribution in [0.3, 0.4) is 0 Å². The van der Waals surface area contributed by atoms with E-state index in [1.807, 2.05) is 24.3 Å². The van der Waals surface area contributed by atoms with Crippen LogP contribution < -0.4 is 19.9 Å². The summed E-state index contributed by atoms with van der Waals surface area (Å²) in [5.74, 6) is -0.303. The Morgan fingerprint density at radius 1 is 1.11 bits per heavy atom. The van der Waals surface area contributed by atoms with Crippen LogP contribution in [0, 0.1) is 23.1 Å². The molecule has 7 heteroatoms. The lowest BCUT2D eigenvalue weighted by Crippen LogP contribution is -2.21. The zero-order valence-corrected chi connectivity index (χ0v) is 19.5. The number of allylic oxidation sites excluding steroid dienone is 1. The minimum atomic E-state index is -0.831. The maximum absolute atomic E-state index is 13.9. The molecule has 6 nitrogen and oxygen atoms in total. The summed E-state index contributed by atoms with van der Waals surface area (Å²) in [5.41, 5.74) is 7.68. The number of ether oxygens (including phenoxy) is 3. The van der Waals surface area contributed by atoms with Gasteiger partial charge in [0.15, 0.2) is 0 Å². The molecule has 0 aliphatic carbocycles. The Bertz CT molecular complexity index is 1330. The summed E-state index contributed by atoms with van der Waals surface area (Å²) in [6.45, 7) is 4.85. The smallest absolute Gasteiger partial charge is 0.346 e. The Balaban J connectivity index is 1.64. The van der Waals surface area contributed by atoms with Crippen molar-refractivity contribution < 1.29 is 23.4 Å². The van der Waals surface area contributed by atoms with Crippen LogP contribution >= 0.6 is 0 Å². The highest BCUT2D eigenvalue weighted by atomic mass is 19.1. The Morgan fingerprint density at radius 3 is 2.66 bits per heavy atom. The number of benzene rings is 3. The summed E-state index contributed by atoms with van der Waals surface area (Å²) in [6, 6.07) is 20.0. The Morgan fingerprint density at radius 2 is 1.91 bits per heavy atom. The van der Waals surface area contributed by atoms with Crippen LogP contribution in [0.15, 0.2) is 78.2 Å². The van der Waals surface area contributed by atoms with Crippen LogP contribution in [0.25, 0.3) is 0 Å². The third-order valence-corrected chi connectivity index (χ3v) is 5.65. The van der Waals surface area contributed by atoms with Crippen LogP contribution in [0.1, 0.15) is 47.7 Å². The molecule has 0 saturated heterocycles. The molecule has 0 radical (unpaired) electrons. The SMILES string of the molecule is CC(C)CCOc1cccc(C2C(C#N)=C(N)Oc3cc(OC(=O)c4ccccc4F)ccc32)c1. The van der Waals surface area contributed by atoms with Gasteiger partial charge in [0.1, 0.15) is 34.7 Å². The van der Waals surface area contributed by atoms with Gasteiger partial charge in [-0.25, -0.2) is 9.18 Å². The lowest BCUT2D eigenvalue weighted by atomic mass is 9.83. The topological polar surface area (TPSA) is 94.6 Å². The van der Waals surface area contributed by atoms with Crippen molar-refractivity contribution in [1.29, 1.82) is 5.26 Å². The van der Waals surface area contributed by atoms with E-state index in [-0.39, 0.29) is 22.8 Å². The third kappa shape index (κ3) is 5.28. The highest BCUT2D eigenvalue weighted by molar-refractivity contribution is 5.91. The third-order valence-electron chi connectivity index (χ3n) is 5.65. The molecule has 35 heavy (non-hydrogen) atoms. The number of nitrogens with two attached hydrogens (primary N) is 1. The molecule has 1 aliphatic rings. The van der Waals surface area contributed by atoms with E-state index in [9.17, 15) is 14.4 Å². The molecule has 1 atom stereocenters. The lowest BCUT2D eigenvalue weighted by molar-refractivity contribution is 0.0729. The predicted octanol–water partition coefficient (Wildman–Crippen LogP) is 5.69. The number of rotatable bonds is 7. The van der Waals surface area contributed by atoms with E-state index in [2.05, 4.69) is 19.9 Å². The number of hydrogen-bond donors (Lipinski definition) is 1. The van der Waals surface area contributed by atoms with Gasteiger partial charge < -0.3 is 19.9 Å². The van der Waals surface area contributed by atoms with E-state index >= 15 is 0 Å². The van der Waals surface area contributed by atoms with Gasteiger partial charge >= 0.3 is 5.97 Å². The number of nitriles is 1. The number of fused-ring (bicyclic) bond motifs is 1. The number of nitrogens with zero attached hydrogens (tertiary/aromatic N) is 1. The summed E-state index contributed by atoms with van der Waals surface area (Å²) in [4.78, 5) is 12.4. The maximum atomic E-state index is 13.9. The second kappa shape index (κ2) is 10.3. The molecule has 2 N–H and O–H groups in total. The molecular formula is C28H25FN2O4. The van der Waals surface area contributed by atoms with E-state index in [1.54, 1.807) is 18.2 Å². The van der Waals surface area contributed by atoms with E-state index in [4.69, 9.17) is 19.9 Å². The number of carbonyl (C=O) groups excluding carboxylic acids is 1. The average molecular weight is 473 g/mol. The van der Waals surface area contributed by atoms with E-state index in [1.165, 1.54) is 24.3 Å². The Labute approximate surface area is 203 Å². The first kappa shape index (κ1) is 23.8. The van der Waals surface area contributed by atoms with E-state index < -0.39 is 17.7 Å². The molecular weight excluding hydrogens is 447 g/mol. The van der Waals surface area contributed by atoms with Crippen LogP contribution in [0.4, 0.5) is 4.39 Å². The monoisotopic (exact) mass is 472 g/mol. The fraction of sp³-hybridized carbons (Fsp3) is 0.214. The summed E-state index contributed by atoms with van der Waals surface area (Å²) < 4.78 is 30.9. The molecule has 3 aromatic rings.